The number of benzene rings is 2. The Kier molecular flexibility index (Phi) is 7.19. The van der Waals surface area contributed by atoms with Crippen LogP contribution in [0.3, 0.4) is 0 Å². The van der Waals surface area contributed by atoms with Crippen molar-refractivity contribution in [3.8, 4) is 0 Å². The highest BCUT2D eigenvalue weighted by Gasteiger charge is 2.39. The summed E-state index contributed by atoms with van der Waals surface area (Å²) in [5, 5.41) is 6.22. The first-order valence-electron chi connectivity index (χ1n) is 11.8. The van der Waals surface area contributed by atoms with Crippen molar-refractivity contribution in [2.24, 2.45) is 0 Å². The molecule has 1 atom stereocenters. The van der Waals surface area contributed by atoms with E-state index in [4.69, 9.17) is 4.74 Å². The molecule has 8 nitrogen and oxygen atoms in total. The zero-order valence-electron chi connectivity index (χ0n) is 19.7. The van der Waals surface area contributed by atoms with Crippen molar-refractivity contribution >= 4 is 71.3 Å². The molecule has 0 radical (unpaired) electrons. The number of thiophene rings is 1. The number of carbonyl (C=O) groups excluding carboxylic acids is 2. The van der Waals surface area contributed by atoms with E-state index in [2.05, 4.69) is 21.2 Å². The predicted molar refractivity (Wildman–Crippen MR) is 144 cm³/mol. The number of nitrogens with zero attached hydrogens (tertiary/aromatic N) is 2. The number of anilines is 2. The normalized spacial score (nSPS) is 18.2. The summed E-state index contributed by atoms with van der Waals surface area (Å²) in [6.45, 7) is 1.36. The fraction of sp³-hybridized carbons (Fsp3) is 0.360. The standard InChI is InChI=1S/C25H26BrN3O5S2/c1-34-13-6-11-28-23-18(26)15-19(16-7-4-8-17(22(16)23)25(28)31)27-24(30)20-9-2-3-12-29(20)36(32,33)21-10-5-14-35-21/h4-5,7-8,10,14-15,20H,2-3,6,9,11-13H2,1H3,(H,27,30). The summed E-state index contributed by atoms with van der Waals surface area (Å²) in [7, 11) is -2.13. The van der Waals surface area contributed by atoms with Crippen molar-refractivity contribution in [1.29, 1.82) is 0 Å². The fourth-order valence-corrected chi connectivity index (χ4v) is 8.41. The second-order valence-corrected chi connectivity index (χ2v) is 12.8. The van der Waals surface area contributed by atoms with Gasteiger partial charge in [0.25, 0.3) is 15.9 Å². The third-order valence-corrected chi connectivity index (χ3v) is 10.5. The summed E-state index contributed by atoms with van der Waals surface area (Å²) in [5.74, 6) is -0.458. The second kappa shape index (κ2) is 10.2. The lowest BCUT2D eigenvalue weighted by Gasteiger charge is -2.33. The Labute approximate surface area is 222 Å². The molecule has 11 heteroatoms. The molecule has 0 spiro atoms. The number of hydrogen-bond donors (Lipinski definition) is 1. The highest BCUT2D eigenvalue weighted by Crippen LogP contribution is 2.45. The molecule has 1 aromatic heterocycles. The van der Waals surface area contributed by atoms with Gasteiger partial charge in [-0.05, 0) is 58.8 Å². The van der Waals surface area contributed by atoms with E-state index < -0.39 is 16.1 Å². The Bertz CT molecular complexity index is 1430. The second-order valence-electron chi connectivity index (χ2n) is 8.83. The van der Waals surface area contributed by atoms with Crippen molar-refractivity contribution in [2.75, 3.05) is 37.0 Å². The lowest BCUT2D eigenvalue weighted by Crippen LogP contribution is -2.49. The third-order valence-electron chi connectivity index (χ3n) is 6.64. The molecule has 2 aliphatic rings. The summed E-state index contributed by atoms with van der Waals surface area (Å²) in [6, 6.07) is 9.72. The number of halogens is 1. The Morgan fingerprint density at radius 1 is 1.25 bits per heavy atom. The van der Waals surface area contributed by atoms with Gasteiger partial charge in [0.15, 0.2) is 0 Å². The minimum Gasteiger partial charge on any atom is -0.385 e. The smallest absolute Gasteiger partial charge is 0.259 e. The van der Waals surface area contributed by atoms with Crippen LogP contribution in [-0.2, 0) is 19.6 Å². The van der Waals surface area contributed by atoms with Gasteiger partial charge in [-0.3, -0.25) is 9.59 Å². The molecular weight excluding hydrogens is 566 g/mol. The van der Waals surface area contributed by atoms with Crippen LogP contribution in [0.15, 0.2) is 50.5 Å². The van der Waals surface area contributed by atoms with Crippen LogP contribution in [0.2, 0.25) is 0 Å². The van der Waals surface area contributed by atoms with Gasteiger partial charge < -0.3 is 15.0 Å². The van der Waals surface area contributed by atoms with Crippen LogP contribution in [0.1, 0.15) is 36.0 Å². The molecular formula is C25H26BrN3O5S2. The fourth-order valence-electron chi connectivity index (χ4n) is 4.99. The largest absolute Gasteiger partial charge is 0.385 e. The molecule has 5 rings (SSSR count). The number of hydrogen-bond acceptors (Lipinski definition) is 6. The van der Waals surface area contributed by atoms with Crippen molar-refractivity contribution in [3.05, 3.63) is 51.8 Å². The molecule has 0 aliphatic carbocycles. The number of amides is 2. The molecule has 1 fully saturated rings. The summed E-state index contributed by atoms with van der Waals surface area (Å²) < 4.78 is 33.9. The van der Waals surface area contributed by atoms with E-state index in [1.165, 1.54) is 4.31 Å². The minimum atomic E-state index is -3.76. The summed E-state index contributed by atoms with van der Waals surface area (Å²) >= 11 is 4.76. The van der Waals surface area contributed by atoms with Crippen molar-refractivity contribution in [3.63, 3.8) is 0 Å². The topological polar surface area (TPSA) is 96.0 Å². The molecule has 1 unspecified atom stereocenters. The van der Waals surface area contributed by atoms with Gasteiger partial charge in [-0.1, -0.05) is 24.6 Å². The molecule has 1 saturated heterocycles. The highest BCUT2D eigenvalue weighted by molar-refractivity contribution is 9.10. The van der Waals surface area contributed by atoms with E-state index in [-0.39, 0.29) is 16.0 Å². The van der Waals surface area contributed by atoms with Crippen LogP contribution < -0.4 is 10.2 Å². The number of rotatable bonds is 8. The lowest BCUT2D eigenvalue weighted by atomic mass is 10.0. The first-order chi connectivity index (χ1) is 17.3. The molecule has 190 valence electrons. The van der Waals surface area contributed by atoms with Gasteiger partial charge >= 0.3 is 0 Å². The summed E-state index contributed by atoms with van der Waals surface area (Å²) in [5.41, 5.74) is 1.90. The average Bonchev–Trinajstić information content (AvgIpc) is 3.51. The van der Waals surface area contributed by atoms with Crippen molar-refractivity contribution in [1.82, 2.24) is 4.31 Å². The van der Waals surface area contributed by atoms with Gasteiger partial charge in [-0.2, -0.15) is 4.31 Å². The number of carbonyl (C=O) groups is 2. The molecule has 1 N–H and O–H groups in total. The Morgan fingerprint density at radius 3 is 2.83 bits per heavy atom. The van der Waals surface area contributed by atoms with Crippen LogP contribution in [0, 0.1) is 0 Å². The van der Waals surface area contributed by atoms with Crippen molar-refractivity contribution < 1.29 is 22.7 Å². The van der Waals surface area contributed by atoms with Crippen LogP contribution in [0.4, 0.5) is 11.4 Å². The molecule has 3 heterocycles. The number of sulfonamides is 1. The van der Waals surface area contributed by atoms with Crippen LogP contribution in [0.25, 0.3) is 10.8 Å². The van der Waals surface area contributed by atoms with Gasteiger partial charge in [-0.25, -0.2) is 8.42 Å². The first kappa shape index (κ1) is 25.3. The third kappa shape index (κ3) is 4.37. The van der Waals surface area contributed by atoms with E-state index >= 15 is 0 Å². The monoisotopic (exact) mass is 591 g/mol. The molecule has 2 aliphatic heterocycles. The van der Waals surface area contributed by atoms with E-state index in [0.29, 0.717) is 54.7 Å². The zero-order valence-corrected chi connectivity index (χ0v) is 22.9. The van der Waals surface area contributed by atoms with E-state index in [9.17, 15) is 18.0 Å². The van der Waals surface area contributed by atoms with E-state index in [1.54, 1.807) is 47.7 Å². The van der Waals surface area contributed by atoms with Gasteiger partial charge in [0.2, 0.25) is 5.91 Å². The predicted octanol–water partition coefficient (Wildman–Crippen LogP) is 4.84. The number of nitrogens with one attached hydrogen (secondary N) is 1. The van der Waals surface area contributed by atoms with Crippen LogP contribution in [0.5, 0.6) is 0 Å². The maximum absolute atomic E-state index is 13.5. The average molecular weight is 593 g/mol. The SMILES string of the molecule is COCCCN1C(=O)c2cccc3c(NC(=O)C4CCCCN4S(=O)(=O)c4cccs4)cc(Br)c1c23. The minimum absolute atomic E-state index is 0.0867. The molecule has 2 aromatic carbocycles. The van der Waals surface area contributed by atoms with Gasteiger partial charge in [0.1, 0.15) is 10.3 Å². The molecule has 36 heavy (non-hydrogen) atoms. The molecule has 3 aromatic rings. The van der Waals surface area contributed by atoms with Gasteiger partial charge in [0, 0.05) is 53.3 Å². The lowest BCUT2D eigenvalue weighted by molar-refractivity contribution is -0.120. The van der Waals surface area contributed by atoms with Crippen LogP contribution >= 0.6 is 27.3 Å². The summed E-state index contributed by atoms with van der Waals surface area (Å²) in [4.78, 5) is 28.4. The van der Waals surface area contributed by atoms with Crippen LogP contribution in [-0.4, -0.2) is 57.4 Å². The Hall–Kier alpha value is -2.31. The Balaban J connectivity index is 1.48. The van der Waals surface area contributed by atoms with Gasteiger partial charge in [0.05, 0.1) is 5.69 Å². The highest BCUT2D eigenvalue weighted by atomic mass is 79.9. The quantitative estimate of drug-likeness (QED) is 0.378. The molecule has 0 bridgehead atoms. The maximum atomic E-state index is 13.5. The van der Waals surface area contributed by atoms with E-state index in [1.807, 2.05) is 6.07 Å². The molecule has 0 saturated carbocycles. The number of piperidine rings is 1. The molecule has 2 amide bonds. The van der Waals surface area contributed by atoms with E-state index in [0.717, 1.165) is 34.2 Å². The first-order valence-corrected chi connectivity index (χ1v) is 14.9. The van der Waals surface area contributed by atoms with Crippen molar-refractivity contribution in [2.45, 2.75) is 35.9 Å². The number of methoxy groups -OCH3 is 1. The maximum Gasteiger partial charge on any atom is 0.259 e. The zero-order chi connectivity index (χ0) is 25.4. The summed E-state index contributed by atoms with van der Waals surface area (Å²) in [6.07, 6.45) is 2.62. The van der Waals surface area contributed by atoms with Gasteiger partial charge in [-0.15, -0.1) is 11.3 Å². The Morgan fingerprint density at radius 2 is 2.08 bits per heavy atom. The number of ether oxygens (including phenoxy) is 1.